The Labute approximate surface area is 117 Å². The van der Waals surface area contributed by atoms with Gasteiger partial charge in [0, 0.05) is 23.3 Å². The van der Waals surface area contributed by atoms with E-state index in [1.54, 1.807) is 10.6 Å². The molecular formula is C15H20FN3O. The number of nitrogens with two attached hydrogens (primary N) is 1. The number of halogens is 1. The quantitative estimate of drug-likeness (QED) is 0.844. The molecular weight excluding hydrogens is 257 g/mol. The minimum Gasteiger partial charge on any atom is -0.494 e. The Bertz CT molecular complexity index is 617. The van der Waals surface area contributed by atoms with Crippen molar-refractivity contribution in [1.29, 1.82) is 0 Å². The molecule has 2 heterocycles. The highest BCUT2D eigenvalue weighted by Gasteiger charge is 2.21. The predicted molar refractivity (Wildman–Crippen MR) is 78.5 cm³/mol. The van der Waals surface area contributed by atoms with Crippen LogP contribution in [0.1, 0.15) is 18.5 Å². The van der Waals surface area contributed by atoms with Crippen molar-refractivity contribution in [3.8, 4) is 5.88 Å². The number of hydrogen-bond acceptors (Lipinski definition) is 3. The third-order valence-corrected chi connectivity index (χ3v) is 4.09. The number of rotatable bonds is 4. The second-order valence-electron chi connectivity index (χ2n) is 5.36. The van der Waals surface area contributed by atoms with Crippen molar-refractivity contribution in [2.45, 2.75) is 25.9 Å². The third kappa shape index (κ3) is 2.12. The Morgan fingerprint density at radius 2 is 2.00 bits per heavy atom. The van der Waals surface area contributed by atoms with Crippen LogP contribution in [0, 0.1) is 0 Å². The third-order valence-electron chi connectivity index (χ3n) is 4.09. The first-order chi connectivity index (χ1) is 9.72. The van der Waals surface area contributed by atoms with Gasteiger partial charge in [-0.15, -0.1) is 0 Å². The SMILES string of the molecule is Nc1cccc2c(CN3CCCC3)n(CCF)c(O)c12. The van der Waals surface area contributed by atoms with E-state index >= 15 is 0 Å². The molecule has 1 aromatic carbocycles. The maximum atomic E-state index is 12.8. The van der Waals surface area contributed by atoms with Gasteiger partial charge in [-0.2, -0.15) is 0 Å². The zero-order valence-corrected chi connectivity index (χ0v) is 11.5. The summed E-state index contributed by atoms with van der Waals surface area (Å²) < 4.78 is 14.5. The van der Waals surface area contributed by atoms with Crippen LogP contribution in [-0.2, 0) is 13.1 Å². The average Bonchev–Trinajstić information content (AvgIpc) is 3.02. The van der Waals surface area contributed by atoms with Crippen molar-refractivity contribution < 1.29 is 9.50 Å². The van der Waals surface area contributed by atoms with Gasteiger partial charge in [0.2, 0.25) is 5.88 Å². The molecule has 1 fully saturated rings. The van der Waals surface area contributed by atoms with Crippen LogP contribution >= 0.6 is 0 Å². The standard InChI is InChI=1S/C15H20FN3O/c16-6-9-19-13(10-18-7-1-2-8-18)11-4-3-5-12(17)14(11)15(19)20/h3-5,20H,1-2,6-10,17H2. The molecule has 3 rings (SSSR count). The van der Waals surface area contributed by atoms with Gasteiger partial charge in [0.15, 0.2) is 0 Å². The number of benzene rings is 1. The molecule has 2 aromatic rings. The number of likely N-dealkylation sites (tertiary alicyclic amines) is 1. The Balaban J connectivity index is 2.11. The fourth-order valence-corrected chi connectivity index (χ4v) is 3.12. The number of alkyl halides is 1. The van der Waals surface area contributed by atoms with E-state index in [0.717, 1.165) is 30.7 Å². The summed E-state index contributed by atoms with van der Waals surface area (Å²) in [6.07, 6.45) is 2.41. The van der Waals surface area contributed by atoms with E-state index in [0.29, 0.717) is 11.1 Å². The minimum absolute atomic E-state index is 0.0879. The molecule has 0 amide bonds. The van der Waals surface area contributed by atoms with E-state index in [4.69, 9.17) is 5.73 Å². The molecule has 1 aliphatic heterocycles. The van der Waals surface area contributed by atoms with Gasteiger partial charge in [-0.05, 0) is 32.0 Å². The number of aromatic nitrogens is 1. The van der Waals surface area contributed by atoms with Crippen LogP contribution < -0.4 is 5.73 Å². The Kier molecular flexibility index (Phi) is 3.53. The number of nitrogen functional groups attached to an aromatic ring is 1. The number of aromatic hydroxyl groups is 1. The molecule has 0 unspecified atom stereocenters. The summed E-state index contributed by atoms with van der Waals surface area (Å²) >= 11 is 0. The van der Waals surface area contributed by atoms with E-state index in [1.807, 2.05) is 12.1 Å². The molecule has 3 N–H and O–H groups in total. The van der Waals surface area contributed by atoms with Gasteiger partial charge < -0.3 is 15.4 Å². The van der Waals surface area contributed by atoms with Crippen molar-refractivity contribution >= 4 is 16.5 Å². The van der Waals surface area contributed by atoms with Crippen LogP contribution in [0.3, 0.4) is 0 Å². The highest BCUT2D eigenvalue weighted by Crippen LogP contribution is 2.36. The maximum absolute atomic E-state index is 12.8. The first kappa shape index (κ1) is 13.2. The molecule has 0 aliphatic carbocycles. The molecule has 0 saturated carbocycles. The normalized spacial score (nSPS) is 16.2. The van der Waals surface area contributed by atoms with Gasteiger partial charge in [0.25, 0.3) is 0 Å². The first-order valence-corrected chi connectivity index (χ1v) is 7.09. The molecule has 20 heavy (non-hydrogen) atoms. The van der Waals surface area contributed by atoms with E-state index in [1.165, 1.54) is 12.8 Å². The highest BCUT2D eigenvalue weighted by molar-refractivity contribution is 5.99. The van der Waals surface area contributed by atoms with E-state index < -0.39 is 6.67 Å². The van der Waals surface area contributed by atoms with Gasteiger partial charge in [-0.25, -0.2) is 4.39 Å². The lowest BCUT2D eigenvalue weighted by Gasteiger charge is -2.17. The number of anilines is 1. The molecule has 1 saturated heterocycles. The van der Waals surface area contributed by atoms with Gasteiger partial charge in [-0.1, -0.05) is 12.1 Å². The van der Waals surface area contributed by atoms with E-state index in [-0.39, 0.29) is 12.4 Å². The Morgan fingerprint density at radius 3 is 2.70 bits per heavy atom. The molecule has 0 bridgehead atoms. The summed E-state index contributed by atoms with van der Waals surface area (Å²) in [7, 11) is 0. The largest absolute Gasteiger partial charge is 0.494 e. The summed E-state index contributed by atoms with van der Waals surface area (Å²) in [5, 5.41) is 11.9. The second kappa shape index (κ2) is 5.32. The van der Waals surface area contributed by atoms with Gasteiger partial charge >= 0.3 is 0 Å². The van der Waals surface area contributed by atoms with Gasteiger partial charge in [0.05, 0.1) is 11.9 Å². The van der Waals surface area contributed by atoms with Crippen molar-refractivity contribution in [1.82, 2.24) is 9.47 Å². The zero-order chi connectivity index (χ0) is 14.1. The van der Waals surface area contributed by atoms with E-state index in [9.17, 15) is 9.50 Å². The Morgan fingerprint density at radius 1 is 1.25 bits per heavy atom. The average molecular weight is 277 g/mol. The molecule has 5 heteroatoms. The highest BCUT2D eigenvalue weighted by atomic mass is 19.1. The second-order valence-corrected chi connectivity index (χ2v) is 5.36. The van der Waals surface area contributed by atoms with Crippen LogP contribution in [0.25, 0.3) is 10.8 Å². The molecule has 1 aliphatic rings. The molecule has 4 nitrogen and oxygen atoms in total. The molecule has 0 radical (unpaired) electrons. The fourth-order valence-electron chi connectivity index (χ4n) is 3.12. The van der Waals surface area contributed by atoms with Crippen molar-refractivity contribution in [2.24, 2.45) is 0 Å². The summed E-state index contributed by atoms with van der Waals surface area (Å²) in [5.74, 6) is 0.0879. The summed E-state index contributed by atoms with van der Waals surface area (Å²) in [6.45, 7) is 2.53. The smallest absolute Gasteiger partial charge is 0.201 e. The molecule has 1 aromatic heterocycles. The van der Waals surface area contributed by atoms with Crippen molar-refractivity contribution in [3.63, 3.8) is 0 Å². The number of nitrogens with zero attached hydrogens (tertiary/aromatic N) is 2. The van der Waals surface area contributed by atoms with Crippen molar-refractivity contribution in [2.75, 3.05) is 25.5 Å². The lowest BCUT2D eigenvalue weighted by atomic mass is 10.1. The van der Waals surface area contributed by atoms with Crippen LogP contribution in [0.2, 0.25) is 0 Å². The maximum Gasteiger partial charge on any atom is 0.201 e. The van der Waals surface area contributed by atoms with Crippen LogP contribution in [0.5, 0.6) is 5.88 Å². The monoisotopic (exact) mass is 277 g/mol. The molecule has 0 spiro atoms. The summed E-state index contributed by atoms with van der Waals surface area (Å²) in [4.78, 5) is 2.34. The van der Waals surface area contributed by atoms with E-state index in [2.05, 4.69) is 4.90 Å². The van der Waals surface area contributed by atoms with Crippen LogP contribution in [0.4, 0.5) is 10.1 Å². The first-order valence-electron chi connectivity index (χ1n) is 7.09. The summed E-state index contributed by atoms with van der Waals surface area (Å²) in [6, 6.07) is 5.59. The van der Waals surface area contributed by atoms with Crippen LogP contribution in [0.15, 0.2) is 18.2 Å². The number of fused-ring (bicyclic) bond motifs is 1. The Hall–Kier alpha value is -1.75. The van der Waals surface area contributed by atoms with Crippen LogP contribution in [-0.4, -0.2) is 34.3 Å². The van der Waals surface area contributed by atoms with Crippen molar-refractivity contribution in [3.05, 3.63) is 23.9 Å². The lowest BCUT2D eigenvalue weighted by molar-refractivity contribution is 0.311. The fraction of sp³-hybridized carbons (Fsp3) is 0.467. The predicted octanol–water partition coefficient (Wildman–Crippen LogP) is 2.49. The topological polar surface area (TPSA) is 54.4 Å². The minimum atomic E-state index is -0.499. The molecule has 108 valence electrons. The number of hydrogen-bond donors (Lipinski definition) is 2. The van der Waals surface area contributed by atoms with Gasteiger partial charge in [-0.3, -0.25) is 4.90 Å². The summed E-state index contributed by atoms with van der Waals surface area (Å²) in [5.41, 5.74) is 7.47. The van der Waals surface area contributed by atoms with Gasteiger partial charge in [0.1, 0.15) is 6.67 Å². The lowest BCUT2D eigenvalue weighted by Crippen LogP contribution is -2.21. The molecule has 0 atom stereocenters. The zero-order valence-electron chi connectivity index (χ0n) is 11.5.